The summed E-state index contributed by atoms with van der Waals surface area (Å²) >= 11 is 0. The molecule has 15 nitrogen and oxygen atoms in total. The van der Waals surface area contributed by atoms with E-state index in [-0.39, 0.29) is 11.9 Å². The summed E-state index contributed by atoms with van der Waals surface area (Å²) in [6.07, 6.45) is 6.43. The van der Waals surface area contributed by atoms with Crippen molar-refractivity contribution in [2.24, 2.45) is 5.73 Å². The Morgan fingerprint density at radius 3 is 2.02 bits per heavy atom. The number of likely N-dealkylation sites (tertiary alicyclic amines) is 1. The lowest BCUT2D eigenvalue weighted by Gasteiger charge is -2.32. The zero-order valence-corrected chi connectivity index (χ0v) is 30.2. The predicted molar refractivity (Wildman–Crippen MR) is 200 cm³/mol. The van der Waals surface area contributed by atoms with E-state index in [1.807, 2.05) is 64.2 Å². The molecule has 0 bridgehead atoms. The first-order valence-corrected chi connectivity index (χ1v) is 18.1. The summed E-state index contributed by atoms with van der Waals surface area (Å²) in [7, 11) is 0. The average Bonchev–Trinajstić information content (AvgIpc) is 3.59. The average molecular weight is 734 g/mol. The smallest absolute Gasteiger partial charge is 0.246 e. The maximum absolute atomic E-state index is 13.1. The summed E-state index contributed by atoms with van der Waals surface area (Å²) in [5.74, 6) is 1.75. The Morgan fingerprint density at radius 2 is 1.38 bits per heavy atom. The van der Waals surface area contributed by atoms with Crippen LogP contribution in [0.1, 0.15) is 18.9 Å². The second-order valence-corrected chi connectivity index (χ2v) is 12.1. The predicted octanol–water partition coefficient (Wildman–Crippen LogP) is 3.65. The van der Waals surface area contributed by atoms with Gasteiger partial charge < -0.3 is 49.5 Å². The van der Waals surface area contributed by atoms with Gasteiger partial charge in [-0.3, -0.25) is 4.79 Å². The van der Waals surface area contributed by atoms with Crippen LogP contribution in [-0.4, -0.2) is 129 Å². The van der Waals surface area contributed by atoms with Crippen LogP contribution >= 0.6 is 0 Å². The van der Waals surface area contributed by atoms with Crippen molar-refractivity contribution in [1.82, 2.24) is 24.6 Å². The summed E-state index contributed by atoms with van der Waals surface area (Å²) in [5, 5.41) is 5.68. The SMILES string of the molecule is NCCOCCOCCOCCOCCOCCOC/C=C/C(=O)N1CCC[C@@H](n2nc(-c3ccc(Oc4ccccc4)cc3)c3c(N)ncnc32)C1. The second kappa shape index (κ2) is 22.6. The molecule has 0 aliphatic carbocycles. The number of amides is 1. The van der Waals surface area contributed by atoms with Crippen molar-refractivity contribution in [3.05, 3.63) is 73.1 Å². The lowest BCUT2D eigenvalue weighted by atomic mass is 10.1. The molecule has 1 aliphatic rings. The summed E-state index contributed by atoms with van der Waals surface area (Å²) < 4.78 is 40.6. The van der Waals surface area contributed by atoms with Gasteiger partial charge in [0, 0.05) is 31.3 Å². The molecule has 2 aromatic carbocycles. The van der Waals surface area contributed by atoms with Crippen LogP contribution in [0.15, 0.2) is 73.1 Å². The number of carbonyl (C=O) groups excluding carboxylic acids is 1. The molecule has 0 unspecified atom stereocenters. The minimum Gasteiger partial charge on any atom is -0.457 e. The molecule has 4 aromatic rings. The first-order valence-electron chi connectivity index (χ1n) is 18.1. The molecular formula is C38H51N7O8. The Kier molecular flexibility index (Phi) is 16.9. The molecule has 1 fully saturated rings. The minimum absolute atomic E-state index is 0.0732. The van der Waals surface area contributed by atoms with E-state index in [0.717, 1.165) is 24.2 Å². The van der Waals surface area contributed by atoms with E-state index in [9.17, 15) is 4.79 Å². The fourth-order valence-corrected chi connectivity index (χ4v) is 5.70. The van der Waals surface area contributed by atoms with Gasteiger partial charge in [0.25, 0.3) is 0 Å². The van der Waals surface area contributed by atoms with Gasteiger partial charge in [0.15, 0.2) is 5.65 Å². The van der Waals surface area contributed by atoms with Crippen LogP contribution < -0.4 is 16.2 Å². The summed E-state index contributed by atoms with van der Waals surface area (Å²) in [6.45, 7) is 7.35. The Hall–Kier alpha value is -4.48. The van der Waals surface area contributed by atoms with Crippen molar-refractivity contribution < 1.29 is 38.0 Å². The lowest BCUT2D eigenvalue weighted by molar-refractivity contribution is -0.127. The molecule has 0 saturated carbocycles. The van der Waals surface area contributed by atoms with Crippen LogP contribution in [-0.2, 0) is 33.2 Å². The van der Waals surface area contributed by atoms with Gasteiger partial charge in [0.1, 0.15) is 29.3 Å². The van der Waals surface area contributed by atoms with E-state index in [1.54, 1.807) is 12.2 Å². The molecule has 0 spiro atoms. The number of nitrogens with zero attached hydrogens (tertiary/aromatic N) is 5. The molecule has 4 N–H and O–H groups in total. The van der Waals surface area contributed by atoms with Crippen LogP contribution in [0.3, 0.4) is 0 Å². The number of piperidine rings is 1. The number of anilines is 1. The number of hydrogen-bond donors (Lipinski definition) is 2. The van der Waals surface area contributed by atoms with Crippen molar-refractivity contribution in [3.63, 3.8) is 0 Å². The molecule has 2 aromatic heterocycles. The van der Waals surface area contributed by atoms with Gasteiger partial charge in [0.2, 0.25) is 5.91 Å². The third-order valence-electron chi connectivity index (χ3n) is 8.28. The highest BCUT2D eigenvalue weighted by molar-refractivity contribution is 5.98. The fourth-order valence-electron chi connectivity index (χ4n) is 5.70. The molecular weight excluding hydrogens is 682 g/mol. The number of para-hydroxylation sites is 1. The Morgan fingerprint density at radius 1 is 0.774 bits per heavy atom. The summed E-state index contributed by atoms with van der Waals surface area (Å²) in [6, 6.07) is 17.2. The number of nitrogens with two attached hydrogens (primary N) is 2. The normalized spacial score (nSPS) is 14.7. The molecule has 15 heteroatoms. The Balaban J connectivity index is 0.988. The highest BCUT2D eigenvalue weighted by Gasteiger charge is 2.28. The Labute approximate surface area is 310 Å². The zero-order chi connectivity index (χ0) is 36.9. The molecule has 1 aliphatic heterocycles. The van der Waals surface area contributed by atoms with E-state index < -0.39 is 0 Å². The molecule has 286 valence electrons. The summed E-state index contributed by atoms with van der Waals surface area (Å²) in [4.78, 5) is 23.7. The van der Waals surface area contributed by atoms with Gasteiger partial charge in [-0.1, -0.05) is 24.3 Å². The molecule has 5 rings (SSSR count). The number of aromatic nitrogens is 4. The standard InChI is InChI=1S/C38H51N7O8/c39-14-17-48-19-21-50-23-25-52-27-26-51-24-22-49-20-18-47-16-5-9-34(46)44-15-4-6-31(28-44)45-38-35(37(40)41-29-42-38)36(43-45)30-10-12-33(13-11-30)53-32-7-2-1-3-8-32/h1-3,5,7-13,29,31H,4,6,14-28,39H2,(H2,40,41,42)/b9-5+/t31-/m1/s1. The van der Waals surface area contributed by atoms with Crippen LogP contribution in [0.4, 0.5) is 5.82 Å². The maximum atomic E-state index is 13.1. The highest BCUT2D eigenvalue weighted by atomic mass is 16.6. The van der Waals surface area contributed by atoms with Crippen molar-refractivity contribution in [2.75, 3.05) is 105 Å². The van der Waals surface area contributed by atoms with Gasteiger partial charge in [-0.15, -0.1) is 0 Å². The largest absolute Gasteiger partial charge is 0.457 e. The first kappa shape index (κ1) is 39.7. The first-order chi connectivity index (χ1) is 26.1. The van der Waals surface area contributed by atoms with E-state index in [1.165, 1.54) is 6.33 Å². The van der Waals surface area contributed by atoms with Crippen LogP contribution in [0.25, 0.3) is 22.3 Å². The third-order valence-corrected chi connectivity index (χ3v) is 8.28. The molecule has 53 heavy (non-hydrogen) atoms. The fraction of sp³-hybridized carbons (Fsp3) is 0.474. The topological polar surface area (TPSA) is 181 Å². The monoisotopic (exact) mass is 733 g/mol. The number of carbonyl (C=O) groups is 1. The zero-order valence-electron chi connectivity index (χ0n) is 30.2. The molecule has 1 saturated heterocycles. The number of benzene rings is 2. The second-order valence-electron chi connectivity index (χ2n) is 12.1. The van der Waals surface area contributed by atoms with Crippen molar-refractivity contribution in [2.45, 2.75) is 18.9 Å². The van der Waals surface area contributed by atoms with E-state index in [4.69, 9.17) is 49.7 Å². The van der Waals surface area contributed by atoms with E-state index in [2.05, 4.69) is 9.97 Å². The van der Waals surface area contributed by atoms with Gasteiger partial charge in [0.05, 0.1) is 90.7 Å². The van der Waals surface area contributed by atoms with E-state index >= 15 is 0 Å². The van der Waals surface area contributed by atoms with Crippen molar-refractivity contribution in [3.8, 4) is 22.8 Å². The van der Waals surface area contributed by atoms with Gasteiger partial charge >= 0.3 is 0 Å². The molecule has 1 amide bonds. The number of nitrogen functional groups attached to an aromatic ring is 1. The van der Waals surface area contributed by atoms with Crippen LogP contribution in [0.2, 0.25) is 0 Å². The summed E-state index contributed by atoms with van der Waals surface area (Å²) in [5.41, 5.74) is 13.9. The number of hydrogen-bond acceptors (Lipinski definition) is 13. The van der Waals surface area contributed by atoms with Crippen LogP contribution in [0.5, 0.6) is 11.5 Å². The number of fused-ring (bicyclic) bond motifs is 1. The third kappa shape index (κ3) is 12.9. The lowest BCUT2D eigenvalue weighted by Crippen LogP contribution is -2.40. The van der Waals surface area contributed by atoms with E-state index in [0.29, 0.717) is 127 Å². The number of ether oxygens (including phenoxy) is 7. The van der Waals surface area contributed by atoms with Crippen molar-refractivity contribution in [1.29, 1.82) is 0 Å². The Bertz CT molecular complexity index is 1670. The maximum Gasteiger partial charge on any atom is 0.246 e. The van der Waals surface area contributed by atoms with Crippen molar-refractivity contribution >= 4 is 22.8 Å². The quantitative estimate of drug-likeness (QED) is 0.0788. The van der Waals surface area contributed by atoms with Crippen LogP contribution in [0, 0.1) is 0 Å². The molecule has 1 atom stereocenters. The number of rotatable bonds is 24. The molecule has 3 heterocycles. The van der Waals surface area contributed by atoms with Gasteiger partial charge in [-0.2, -0.15) is 5.10 Å². The van der Waals surface area contributed by atoms with Gasteiger partial charge in [-0.25, -0.2) is 14.6 Å². The minimum atomic E-state index is -0.0746. The molecule has 0 radical (unpaired) electrons. The highest BCUT2D eigenvalue weighted by Crippen LogP contribution is 2.35. The van der Waals surface area contributed by atoms with Gasteiger partial charge in [-0.05, 0) is 49.2 Å².